The number of esters is 1. The Labute approximate surface area is 194 Å². The molecule has 0 aliphatic rings. The van der Waals surface area contributed by atoms with Crippen LogP contribution in [0.25, 0.3) is 0 Å². The highest BCUT2D eigenvalue weighted by atomic mass is 32.2. The molecule has 3 rings (SSSR count). The lowest BCUT2D eigenvalue weighted by atomic mass is 10.1. The predicted molar refractivity (Wildman–Crippen MR) is 120 cm³/mol. The Bertz CT molecular complexity index is 1230. The van der Waals surface area contributed by atoms with Gasteiger partial charge in [-0.15, -0.1) is 11.3 Å². The SMILES string of the molecule is COC(=O)c1ccc(COc2cc(F)ccc2N(CC(C)F)S(=O)(=O)c2nc(C)cs2)cc1. The molecule has 0 amide bonds. The smallest absolute Gasteiger partial charge is 0.337 e. The first kappa shape index (κ1) is 24.6. The zero-order valence-corrected chi connectivity index (χ0v) is 19.8. The molecule has 0 saturated carbocycles. The molecule has 0 bridgehead atoms. The lowest BCUT2D eigenvalue weighted by Crippen LogP contribution is -2.35. The van der Waals surface area contributed by atoms with Gasteiger partial charge in [0.25, 0.3) is 10.0 Å². The number of benzene rings is 2. The summed E-state index contributed by atoms with van der Waals surface area (Å²) < 4.78 is 65.5. The van der Waals surface area contributed by atoms with Crippen LogP contribution in [0.5, 0.6) is 5.75 Å². The van der Waals surface area contributed by atoms with E-state index in [9.17, 15) is 22.0 Å². The Morgan fingerprint density at radius 1 is 1.21 bits per heavy atom. The molecule has 11 heteroatoms. The number of halogens is 2. The molecule has 0 aliphatic heterocycles. The molecule has 0 saturated heterocycles. The van der Waals surface area contributed by atoms with Gasteiger partial charge in [-0.2, -0.15) is 8.42 Å². The third-order valence-corrected chi connectivity index (χ3v) is 7.62. The highest BCUT2D eigenvalue weighted by Gasteiger charge is 2.31. The normalized spacial score (nSPS) is 12.3. The molecule has 0 spiro atoms. The number of rotatable bonds is 9. The molecular formula is C22H22F2N2O5S2. The predicted octanol–water partition coefficient (Wildman–Crippen LogP) is 4.51. The van der Waals surface area contributed by atoms with Crippen molar-refractivity contribution in [3.8, 4) is 5.75 Å². The van der Waals surface area contributed by atoms with Crippen molar-refractivity contribution in [3.63, 3.8) is 0 Å². The lowest BCUT2D eigenvalue weighted by Gasteiger charge is -2.26. The van der Waals surface area contributed by atoms with Crippen LogP contribution in [0.2, 0.25) is 0 Å². The maximum absolute atomic E-state index is 14.0. The number of aromatic nitrogens is 1. The van der Waals surface area contributed by atoms with Crippen molar-refractivity contribution in [3.05, 3.63) is 70.5 Å². The summed E-state index contributed by atoms with van der Waals surface area (Å²) in [5.41, 5.74) is 1.49. The molecule has 176 valence electrons. The number of sulfonamides is 1. The number of nitrogens with zero attached hydrogens (tertiary/aromatic N) is 2. The van der Waals surface area contributed by atoms with Gasteiger partial charge in [0.05, 0.1) is 24.9 Å². The van der Waals surface area contributed by atoms with Gasteiger partial charge in [0.1, 0.15) is 24.3 Å². The third kappa shape index (κ3) is 5.85. The number of hydrogen-bond donors (Lipinski definition) is 0. The Hall–Kier alpha value is -3.05. The monoisotopic (exact) mass is 496 g/mol. The van der Waals surface area contributed by atoms with Crippen molar-refractivity contribution in [2.45, 2.75) is 31.0 Å². The van der Waals surface area contributed by atoms with Crippen molar-refractivity contribution in [1.29, 1.82) is 0 Å². The summed E-state index contributed by atoms with van der Waals surface area (Å²) in [5, 5.41) is 1.57. The summed E-state index contributed by atoms with van der Waals surface area (Å²) in [4.78, 5) is 15.6. The number of alkyl halides is 1. The summed E-state index contributed by atoms with van der Waals surface area (Å²) >= 11 is 0.915. The van der Waals surface area contributed by atoms with Crippen molar-refractivity contribution in [2.75, 3.05) is 18.0 Å². The number of methoxy groups -OCH3 is 1. The van der Waals surface area contributed by atoms with Gasteiger partial charge in [-0.1, -0.05) is 12.1 Å². The molecule has 1 atom stereocenters. The maximum atomic E-state index is 14.0. The molecular weight excluding hydrogens is 474 g/mol. The van der Waals surface area contributed by atoms with E-state index in [1.165, 1.54) is 20.1 Å². The van der Waals surface area contributed by atoms with E-state index in [1.807, 2.05) is 0 Å². The first-order valence-corrected chi connectivity index (χ1v) is 12.1. The van der Waals surface area contributed by atoms with E-state index in [4.69, 9.17) is 4.74 Å². The fraction of sp³-hybridized carbons (Fsp3) is 0.273. The van der Waals surface area contributed by atoms with Gasteiger partial charge in [0.2, 0.25) is 4.34 Å². The summed E-state index contributed by atoms with van der Waals surface area (Å²) in [6.45, 7) is 2.32. The van der Waals surface area contributed by atoms with Gasteiger partial charge >= 0.3 is 5.97 Å². The van der Waals surface area contributed by atoms with E-state index in [-0.39, 0.29) is 22.4 Å². The standard InChI is InChI=1S/C22H22F2N2O5S2/c1-14(23)11-26(33(28,29)22-25-15(2)13-32-22)19-9-8-18(24)10-20(19)31-12-16-4-6-17(7-5-16)21(27)30-3/h4-10,13-14H,11-12H2,1-3H3. The van der Waals surface area contributed by atoms with Crippen LogP contribution < -0.4 is 9.04 Å². The molecule has 33 heavy (non-hydrogen) atoms. The molecule has 3 aromatic rings. The molecule has 1 aromatic heterocycles. The Morgan fingerprint density at radius 2 is 1.91 bits per heavy atom. The van der Waals surface area contributed by atoms with Crippen LogP contribution in [-0.4, -0.2) is 39.2 Å². The zero-order valence-electron chi connectivity index (χ0n) is 18.1. The Kier molecular flexibility index (Phi) is 7.65. The second kappa shape index (κ2) is 10.3. The molecule has 1 heterocycles. The summed E-state index contributed by atoms with van der Waals surface area (Å²) in [6, 6.07) is 9.68. The second-order valence-corrected chi connectivity index (χ2v) is 10.1. The number of hydrogen-bond acceptors (Lipinski definition) is 7. The molecule has 0 radical (unpaired) electrons. The zero-order chi connectivity index (χ0) is 24.2. The summed E-state index contributed by atoms with van der Waals surface area (Å²) in [6.07, 6.45) is -1.51. The topological polar surface area (TPSA) is 85.8 Å². The van der Waals surface area contributed by atoms with E-state index in [1.54, 1.807) is 36.6 Å². The van der Waals surface area contributed by atoms with Crippen LogP contribution >= 0.6 is 11.3 Å². The Morgan fingerprint density at radius 3 is 2.48 bits per heavy atom. The van der Waals surface area contributed by atoms with Crippen LogP contribution in [0.15, 0.2) is 52.2 Å². The largest absolute Gasteiger partial charge is 0.487 e. The van der Waals surface area contributed by atoms with Crippen LogP contribution in [0.1, 0.15) is 28.5 Å². The minimum Gasteiger partial charge on any atom is -0.487 e. The Balaban J connectivity index is 1.94. The van der Waals surface area contributed by atoms with Crippen molar-refractivity contribution >= 4 is 33.0 Å². The molecule has 0 fully saturated rings. The number of carbonyl (C=O) groups is 1. The number of anilines is 1. The highest BCUT2D eigenvalue weighted by molar-refractivity contribution is 7.94. The maximum Gasteiger partial charge on any atom is 0.337 e. The van der Waals surface area contributed by atoms with Crippen molar-refractivity contribution in [2.24, 2.45) is 0 Å². The van der Waals surface area contributed by atoms with E-state index in [0.717, 1.165) is 27.8 Å². The molecule has 0 aliphatic carbocycles. The van der Waals surface area contributed by atoms with E-state index in [2.05, 4.69) is 9.72 Å². The average molecular weight is 497 g/mol. The van der Waals surface area contributed by atoms with Crippen LogP contribution in [0, 0.1) is 12.7 Å². The number of thiazole rings is 1. The van der Waals surface area contributed by atoms with Crippen molar-refractivity contribution in [1.82, 2.24) is 4.98 Å². The molecule has 2 aromatic carbocycles. The number of carbonyl (C=O) groups excluding carboxylic acids is 1. The average Bonchev–Trinajstić information content (AvgIpc) is 3.23. The summed E-state index contributed by atoms with van der Waals surface area (Å²) in [5.74, 6) is -1.22. The minimum atomic E-state index is -4.22. The van der Waals surface area contributed by atoms with E-state index < -0.39 is 34.5 Å². The first-order chi connectivity index (χ1) is 15.6. The van der Waals surface area contributed by atoms with Gasteiger partial charge < -0.3 is 9.47 Å². The molecule has 7 nitrogen and oxygen atoms in total. The fourth-order valence-corrected chi connectivity index (χ4v) is 5.61. The van der Waals surface area contributed by atoms with Crippen LogP contribution in [0.4, 0.5) is 14.5 Å². The molecule has 1 unspecified atom stereocenters. The van der Waals surface area contributed by atoms with Gasteiger partial charge in [-0.05, 0) is 43.7 Å². The number of ether oxygens (including phenoxy) is 2. The van der Waals surface area contributed by atoms with Crippen LogP contribution in [0.3, 0.4) is 0 Å². The summed E-state index contributed by atoms with van der Waals surface area (Å²) in [7, 11) is -2.94. The van der Waals surface area contributed by atoms with Gasteiger partial charge in [-0.25, -0.2) is 18.6 Å². The molecule has 0 N–H and O–H groups in total. The van der Waals surface area contributed by atoms with Crippen molar-refractivity contribution < 1.29 is 31.5 Å². The lowest BCUT2D eigenvalue weighted by molar-refractivity contribution is 0.0600. The second-order valence-electron chi connectivity index (χ2n) is 7.16. The van der Waals surface area contributed by atoms with Gasteiger partial charge in [0.15, 0.2) is 0 Å². The van der Waals surface area contributed by atoms with Gasteiger partial charge in [-0.3, -0.25) is 4.31 Å². The third-order valence-electron chi connectivity index (χ3n) is 4.49. The fourth-order valence-electron chi connectivity index (χ4n) is 2.93. The van der Waals surface area contributed by atoms with E-state index >= 15 is 0 Å². The highest BCUT2D eigenvalue weighted by Crippen LogP contribution is 2.35. The minimum absolute atomic E-state index is 0.0140. The van der Waals surface area contributed by atoms with E-state index in [0.29, 0.717) is 16.8 Å². The quantitative estimate of drug-likeness (QED) is 0.405. The first-order valence-electron chi connectivity index (χ1n) is 9.80. The van der Waals surface area contributed by atoms with Gasteiger partial charge in [0, 0.05) is 17.1 Å². The van der Waals surface area contributed by atoms with Crippen LogP contribution in [-0.2, 0) is 21.4 Å². The number of aryl methyl sites for hydroxylation is 1.